The normalized spacial score (nSPS) is 25.8. The Kier molecular flexibility index (Phi) is 10.8. The van der Waals surface area contributed by atoms with E-state index in [2.05, 4.69) is 5.32 Å². The molecule has 13 nitrogen and oxygen atoms in total. The lowest BCUT2D eigenvalue weighted by atomic mass is 9.89. The molecule has 1 amide bonds. The molecule has 1 aliphatic rings. The number of amides is 1. The SMILES string of the molecule is CS[C@]1(C(=O)O)C[C@H](OC(C)=O)[C@@H](NC(C)=O)[C@H]([C@H](OC(C)=O)[C@@H](COC(C)=O)OC(C)=O)O1. The van der Waals surface area contributed by atoms with E-state index in [1.54, 1.807) is 0 Å². The van der Waals surface area contributed by atoms with Crippen LogP contribution in [0.15, 0.2) is 0 Å². The molecular weight excluding hydrogens is 478 g/mol. The van der Waals surface area contributed by atoms with Crippen LogP contribution in [0.25, 0.3) is 0 Å². The first-order chi connectivity index (χ1) is 15.7. The highest BCUT2D eigenvalue weighted by Gasteiger charge is 2.57. The summed E-state index contributed by atoms with van der Waals surface area (Å²) >= 11 is 0.778. The summed E-state index contributed by atoms with van der Waals surface area (Å²) in [6.07, 6.45) is -4.67. The van der Waals surface area contributed by atoms with Crippen molar-refractivity contribution in [1.29, 1.82) is 0 Å². The van der Waals surface area contributed by atoms with E-state index >= 15 is 0 Å². The fourth-order valence-corrected chi connectivity index (χ4v) is 4.18. The van der Waals surface area contributed by atoms with Gasteiger partial charge in [0.25, 0.3) is 0 Å². The molecule has 0 bridgehead atoms. The first-order valence-electron chi connectivity index (χ1n) is 10.1. The van der Waals surface area contributed by atoms with Crippen molar-refractivity contribution in [2.75, 3.05) is 12.9 Å². The Bertz CT molecular complexity index is 817. The number of rotatable bonds is 10. The highest BCUT2D eigenvalue weighted by molar-refractivity contribution is 8.00. The fraction of sp³-hybridized carbons (Fsp3) is 0.700. The van der Waals surface area contributed by atoms with Crippen LogP contribution < -0.4 is 5.32 Å². The number of carboxylic acids is 1. The molecule has 34 heavy (non-hydrogen) atoms. The maximum Gasteiger partial charge on any atom is 0.346 e. The van der Waals surface area contributed by atoms with E-state index < -0.39 is 77.8 Å². The van der Waals surface area contributed by atoms with Gasteiger partial charge in [-0.3, -0.25) is 24.0 Å². The molecule has 1 heterocycles. The number of esters is 4. The summed E-state index contributed by atoms with van der Waals surface area (Å²) in [4.78, 5) is 69.0. The summed E-state index contributed by atoms with van der Waals surface area (Å²) < 4.78 is 26.7. The Hall–Kier alpha value is -2.87. The van der Waals surface area contributed by atoms with Crippen LogP contribution in [0.2, 0.25) is 0 Å². The lowest BCUT2D eigenvalue weighted by Gasteiger charge is -2.48. The lowest BCUT2D eigenvalue weighted by molar-refractivity contribution is -0.223. The molecular formula is C20H29NO12S. The van der Waals surface area contributed by atoms with Gasteiger partial charge in [-0.15, -0.1) is 11.8 Å². The number of ether oxygens (including phenoxy) is 5. The van der Waals surface area contributed by atoms with E-state index in [4.69, 9.17) is 23.7 Å². The molecule has 0 unspecified atom stereocenters. The minimum Gasteiger partial charge on any atom is -0.478 e. The first-order valence-corrected chi connectivity index (χ1v) is 11.3. The van der Waals surface area contributed by atoms with E-state index in [0.29, 0.717) is 0 Å². The van der Waals surface area contributed by atoms with Crippen LogP contribution >= 0.6 is 11.8 Å². The Labute approximate surface area is 200 Å². The average Bonchev–Trinajstić information content (AvgIpc) is 2.69. The smallest absolute Gasteiger partial charge is 0.346 e. The number of carbonyl (C=O) groups excluding carboxylic acids is 5. The van der Waals surface area contributed by atoms with Crippen LogP contribution in [-0.2, 0) is 52.5 Å². The van der Waals surface area contributed by atoms with Crippen LogP contribution in [0.3, 0.4) is 0 Å². The van der Waals surface area contributed by atoms with Crippen molar-refractivity contribution in [3.05, 3.63) is 0 Å². The lowest BCUT2D eigenvalue weighted by Crippen LogP contribution is -2.67. The van der Waals surface area contributed by atoms with Crippen LogP contribution in [-0.4, -0.2) is 89.1 Å². The second-order valence-electron chi connectivity index (χ2n) is 7.45. The first kappa shape index (κ1) is 29.2. The molecule has 2 N–H and O–H groups in total. The van der Waals surface area contributed by atoms with E-state index in [9.17, 15) is 33.9 Å². The molecule has 14 heteroatoms. The quantitative estimate of drug-likeness (QED) is 0.293. The molecule has 1 saturated heterocycles. The number of carboxylic acid groups (broad SMARTS) is 1. The van der Waals surface area contributed by atoms with Crippen molar-refractivity contribution in [2.24, 2.45) is 0 Å². The van der Waals surface area contributed by atoms with Gasteiger partial charge in [-0.05, 0) is 6.26 Å². The number of nitrogens with one attached hydrogen (secondary N) is 1. The third-order valence-electron chi connectivity index (χ3n) is 4.65. The van der Waals surface area contributed by atoms with Crippen molar-refractivity contribution >= 4 is 47.5 Å². The zero-order valence-corrected chi connectivity index (χ0v) is 20.5. The third kappa shape index (κ3) is 8.17. The second-order valence-corrected chi connectivity index (χ2v) is 8.52. The van der Waals surface area contributed by atoms with E-state index in [-0.39, 0.29) is 6.42 Å². The van der Waals surface area contributed by atoms with Gasteiger partial charge in [-0.1, -0.05) is 0 Å². The summed E-state index contributed by atoms with van der Waals surface area (Å²) in [5.41, 5.74) is 0. The number of carbonyl (C=O) groups is 6. The topological polar surface area (TPSA) is 181 Å². The van der Waals surface area contributed by atoms with Gasteiger partial charge >= 0.3 is 29.8 Å². The van der Waals surface area contributed by atoms with Crippen molar-refractivity contribution < 1.29 is 57.6 Å². The summed E-state index contributed by atoms with van der Waals surface area (Å²) in [6.45, 7) is 4.90. The van der Waals surface area contributed by atoms with E-state index in [1.165, 1.54) is 13.2 Å². The molecule has 0 saturated carbocycles. The zero-order chi connectivity index (χ0) is 26.2. The van der Waals surface area contributed by atoms with Gasteiger partial charge in [-0.25, -0.2) is 4.79 Å². The minimum atomic E-state index is -1.99. The highest BCUT2D eigenvalue weighted by atomic mass is 32.2. The molecule has 0 aromatic heterocycles. The summed E-state index contributed by atoms with van der Waals surface area (Å²) in [5.74, 6) is -5.20. The van der Waals surface area contributed by atoms with Gasteiger partial charge in [-0.2, -0.15) is 0 Å². The number of hydrogen-bond acceptors (Lipinski definition) is 12. The molecule has 0 aromatic carbocycles. The molecule has 0 radical (unpaired) electrons. The molecule has 0 spiro atoms. The Morgan fingerprint density at radius 3 is 2.00 bits per heavy atom. The van der Waals surface area contributed by atoms with E-state index in [0.717, 1.165) is 39.5 Å². The van der Waals surface area contributed by atoms with Gasteiger partial charge in [0.1, 0.15) is 18.8 Å². The number of thioether (sulfide) groups is 1. The summed E-state index contributed by atoms with van der Waals surface area (Å²) in [6, 6.07) is -1.22. The molecule has 6 atom stereocenters. The van der Waals surface area contributed by atoms with Crippen LogP contribution in [0.1, 0.15) is 41.0 Å². The largest absolute Gasteiger partial charge is 0.478 e. The highest BCUT2D eigenvalue weighted by Crippen LogP contribution is 2.41. The average molecular weight is 508 g/mol. The van der Waals surface area contributed by atoms with Crippen LogP contribution in [0, 0.1) is 0 Å². The second kappa shape index (κ2) is 12.6. The molecule has 1 fully saturated rings. The summed E-state index contributed by atoms with van der Waals surface area (Å²) in [7, 11) is 0. The standard InChI is InChI=1S/C20H29NO12S/c1-9(22)21-16-14(30-11(3)24)7-20(34-6,19(27)28)33-18(16)17(32-13(5)26)15(31-12(4)25)8-29-10(2)23/h14-18H,7-8H2,1-6H3,(H,21,22)(H,27,28)/t14-,15+,16+,17+,18+,20-/m0/s1. The molecule has 192 valence electrons. The molecule has 0 aromatic rings. The van der Waals surface area contributed by atoms with Crippen molar-refractivity contribution in [2.45, 2.75) is 76.4 Å². The van der Waals surface area contributed by atoms with Gasteiger partial charge < -0.3 is 34.1 Å². The van der Waals surface area contributed by atoms with E-state index in [1.807, 2.05) is 0 Å². The Balaban J connectivity index is 3.67. The maximum absolute atomic E-state index is 12.2. The minimum absolute atomic E-state index is 0.362. The monoisotopic (exact) mass is 507 g/mol. The molecule has 1 aliphatic heterocycles. The van der Waals surface area contributed by atoms with Crippen LogP contribution in [0.4, 0.5) is 0 Å². The number of aliphatic carboxylic acids is 1. The fourth-order valence-electron chi connectivity index (χ4n) is 3.47. The Morgan fingerprint density at radius 1 is 1.00 bits per heavy atom. The third-order valence-corrected chi connectivity index (χ3v) is 5.75. The van der Waals surface area contributed by atoms with Crippen molar-refractivity contribution in [1.82, 2.24) is 5.32 Å². The number of hydrogen-bond donors (Lipinski definition) is 2. The van der Waals surface area contributed by atoms with Crippen molar-refractivity contribution in [3.8, 4) is 0 Å². The van der Waals surface area contributed by atoms with Crippen molar-refractivity contribution in [3.63, 3.8) is 0 Å². The van der Waals surface area contributed by atoms with Gasteiger partial charge in [0, 0.05) is 41.0 Å². The van der Waals surface area contributed by atoms with Crippen LogP contribution in [0.5, 0.6) is 0 Å². The zero-order valence-electron chi connectivity index (χ0n) is 19.6. The van der Waals surface area contributed by atoms with Gasteiger partial charge in [0.2, 0.25) is 10.8 Å². The van der Waals surface area contributed by atoms with Gasteiger partial charge in [0.15, 0.2) is 12.2 Å². The Morgan fingerprint density at radius 2 is 1.59 bits per heavy atom. The predicted molar refractivity (Wildman–Crippen MR) is 114 cm³/mol. The van der Waals surface area contributed by atoms with Gasteiger partial charge in [0.05, 0.1) is 6.04 Å². The molecule has 0 aliphatic carbocycles. The molecule has 1 rings (SSSR count). The predicted octanol–water partition coefficient (Wildman–Crippen LogP) is -0.218. The summed E-state index contributed by atoms with van der Waals surface area (Å²) in [5, 5.41) is 12.4. The maximum atomic E-state index is 12.2.